The van der Waals surface area contributed by atoms with Crippen molar-refractivity contribution in [2.75, 3.05) is 7.11 Å². The van der Waals surface area contributed by atoms with Crippen LogP contribution in [0.2, 0.25) is 10.0 Å². The van der Waals surface area contributed by atoms with Gasteiger partial charge in [0.2, 0.25) is 0 Å². The van der Waals surface area contributed by atoms with Crippen LogP contribution in [0.1, 0.15) is 15.9 Å². The van der Waals surface area contributed by atoms with Gasteiger partial charge in [-0.15, -0.1) is 0 Å². The van der Waals surface area contributed by atoms with E-state index in [4.69, 9.17) is 27.9 Å². The van der Waals surface area contributed by atoms with E-state index in [2.05, 4.69) is 5.32 Å². The third-order valence-electron chi connectivity index (χ3n) is 5.82. The van der Waals surface area contributed by atoms with E-state index in [0.717, 1.165) is 22.0 Å². The molecule has 1 heterocycles. The number of hydrogen-bond acceptors (Lipinski definition) is 4. The zero-order valence-corrected chi connectivity index (χ0v) is 20.6. The van der Waals surface area contributed by atoms with Gasteiger partial charge in [0.05, 0.1) is 28.2 Å². The number of nitrogens with one attached hydrogen (secondary N) is 1. The molecule has 6 nitrogen and oxygen atoms in total. The highest BCUT2D eigenvalue weighted by Crippen LogP contribution is 2.25. The minimum absolute atomic E-state index is 0.0900. The molecule has 0 saturated heterocycles. The van der Waals surface area contributed by atoms with Gasteiger partial charge in [-0.2, -0.15) is 0 Å². The maximum Gasteiger partial charge on any atom is 0.328 e. The van der Waals surface area contributed by atoms with E-state index in [1.54, 1.807) is 29.8 Å². The highest BCUT2D eigenvalue weighted by Gasteiger charge is 2.25. The lowest BCUT2D eigenvalue weighted by atomic mass is 10.00. The molecule has 4 rings (SSSR count). The molecular weight excluding hydrogens is 487 g/mol. The van der Waals surface area contributed by atoms with Crippen LogP contribution in [-0.2, 0) is 23.0 Å². The zero-order valence-electron chi connectivity index (χ0n) is 19.0. The Morgan fingerprint density at radius 1 is 0.971 bits per heavy atom. The van der Waals surface area contributed by atoms with Crippen LogP contribution >= 0.6 is 23.2 Å². The first-order chi connectivity index (χ1) is 16.8. The molecule has 1 aromatic heterocycles. The van der Waals surface area contributed by atoms with E-state index in [1.807, 2.05) is 54.6 Å². The molecule has 1 amide bonds. The molecule has 0 radical (unpaired) electrons. The van der Waals surface area contributed by atoms with E-state index in [1.165, 1.54) is 7.11 Å². The molecule has 4 aromatic rings. The summed E-state index contributed by atoms with van der Waals surface area (Å²) >= 11 is 12.3. The van der Waals surface area contributed by atoms with Gasteiger partial charge in [0.25, 0.3) is 11.5 Å². The lowest BCUT2D eigenvalue weighted by Gasteiger charge is -2.18. The number of carbonyl (C=O) groups is 2. The predicted octanol–water partition coefficient (Wildman–Crippen LogP) is 5.03. The Labute approximate surface area is 212 Å². The van der Waals surface area contributed by atoms with Gasteiger partial charge in [-0.25, -0.2) is 4.79 Å². The summed E-state index contributed by atoms with van der Waals surface area (Å²) in [4.78, 5) is 38.1. The van der Waals surface area contributed by atoms with Crippen LogP contribution < -0.4 is 10.9 Å². The molecule has 178 valence electrons. The number of esters is 1. The molecule has 35 heavy (non-hydrogen) atoms. The van der Waals surface area contributed by atoms with Gasteiger partial charge in [-0.1, -0.05) is 71.7 Å². The van der Waals surface area contributed by atoms with Gasteiger partial charge >= 0.3 is 5.97 Å². The first kappa shape index (κ1) is 24.5. The molecular formula is C27H22Cl2N2O4. The summed E-state index contributed by atoms with van der Waals surface area (Å²) in [6.07, 6.45) is 0.177. The van der Waals surface area contributed by atoms with Crippen molar-refractivity contribution in [1.29, 1.82) is 0 Å². The Morgan fingerprint density at radius 3 is 2.29 bits per heavy atom. The second-order valence-electron chi connectivity index (χ2n) is 8.03. The summed E-state index contributed by atoms with van der Waals surface area (Å²) < 4.78 is 6.51. The Balaban J connectivity index is 1.59. The van der Waals surface area contributed by atoms with Gasteiger partial charge in [0.1, 0.15) is 6.04 Å². The van der Waals surface area contributed by atoms with Crippen LogP contribution in [0.5, 0.6) is 0 Å². The van der Waals surface area contributed by atoms with E-state index >= 15 is 0 Å². The van der Waals surface area contributed by atoms with E-state index in [-0.39, 0.29) is 27.6 Å². The van der Waals surface area contributed by atoms with E-state index in [9.17, 15) is 14.4 Å². The summed E-state index contributed by atoms with van der Waals surface area (Å²) in [6.45, 7) is 0. The molecule has 1 unspecified atom stereocenters. The molecule has 1 atom stereocenters. The quantitative estimate of drug-likeness (QED) is 0.370. The van der Waals surface area contributed by atoms with Crippen LogP contribution in [0.4, 0.5) is 0 Å². The minimum atomic E-state index is -0.959. The standard InChI is InChI=1S/C27H22Cl2N2O4/c1-31-23-9-4-3-6-18(23)15-19(26(31)33)17-12-10-16(11-13-17)14-22(27(34)35-2)30-25(32)24-20(28)7-5-8-21(24)29/h3-13,15,22H,14H2,1-2H3,(H,30,32). The third-order valence-corrected chi connectivity index (χ3v) is 6.45. The number of nitrogens with zero attached hydrogens (tertiary/aromatic N) is 1. The SMILES string of the molecule is COC(=O)C(Cc1ccc(-c2cc3ccccc3n(C)c2=O)cc1)NC(=O)c1c(Cl)cccc1Cl. The first-order valence-corrected chi connectivity index (χ1v) is 11.6. The average Bonchev–Trinajstić information content (AvgIpc) is 2.86. The highest BCUT2D eigenvalue weighted by atomic mass is 35.5. The summed E-state index contributed by atoms with van der Waals surface area (Å²) in [5.41, 5.74) is 2.94. The number of pyridine rings is 1. The fraction of sp³-hybridized carbons (Fsp3) is 0.148. The van der Waals surface area contributed by atoms with E-state index < -0.39 is 17.9 Å². The molecule has 1 N–H and O–H groups in total. The van der Waals surface area contributed by atoms with Crippen molar-refractivity contribution in [3.63, 3.8) is 0 Å². The summed E-state index contributed by atoms with van der Waals surface area (Å²) in [5, 5.41) is 3.98. The van der Waals surface area contributed by atoms with Crippen molar-refractivity contribution < 1.29 is 14.3 Å². The fourth-order valence-corrected chi connectivity index (χ4v) is 4.54. The van der Waals surface area contributed by atoms with Crippen molar-refractivity contribution in [1.82, 2.24) is 9.88 Å². The van der Waals surface area contributed by atoms with Crippen molar-refractivity contribution >= 4 is 46.0 Å². The summed E-state index contributed by atoms with van der Waals surface area (Å²) in [7, 11) is 3.00. The molecule has 0 bridgehead atoms. The number of fused-ring (bicyclic) bond motifs is 1. The largest absolute Gasteiger partial charge is 0.467 e. The third kappa shape index (κ3) is 5.09. The number of para-hydroxylation sites is 1. The topological polar surface area (TPSA) is 77.4 Å². The Bertz CT molecular complexity index is 1460. The van der Waals surface area contributed by atoms with Gasteiger partial charge in [0, 0.05) is 19.0 Å². The maximum atomic E-state index is 12.9. The number of ether oxygens (including phenoxy) is 1. The Kier molecular flexibility index (Phi) is 7.24. The Morgan fingerprint density at radius 2 is 1.63 bits per heavy atom. The smallest absolute Gasteiger partial charge is 0.328 e. The number of aromatic nitrogens is 1. The number of amides is 1. The van der Waals surface area contributed by atoms with Crippen LogP contribution in [-0.4, -0.2) is 29.6 Å². The molecule has 0 spiro atoms. The van der Waals surface area contributed by atoms with Gasteiger partial charge in [0.15, 0.2) is 0 Å². The normalized spacial score (nSPS) is 11.8. The number of aryl methyl sites for hydroxylation is 1. The molecule has 3 aromatic carbocycles. The molecule has 0 fully saturated rings. The number of methoxy groups -OCH3 is 1. The number of halogens is 2. The van der Waals surface area contributed by atoms with Crippen LogP contribution in [0.15, 0.2) is 77.6 Å². The number of rotatable bonds is 6. The van der Waals surface area contributed by atoms with Gasteiger partial charge < -0.3 is 14.6 Å². The summed E-state index contributed by atoms with van der Waals surface area (Å²) in [5.74, 6) is -1.18. The minimum Gasteiger partial charge on any atom is -0.467 e. The van der Waals surface area contributed by atoms with E-state index in [0.29, 0.717) is 5.56 Å². The highest BCUT2D eigenvalue weighted by molar-refractivity contribution is 6.39. The second-order valence-corrected chi connectivity index (χ2v) is 8.84. The molecule has 0 aliphatic heterocycles. The maximum absolute atomic E-state index is 12.9. The lowest BCUT2D eigenvalue weighted by Crippen LogP contribution is -2.43. The Hall–Kier alpha value is -3.61. The average molecular weight is 509 g/mol. The number of hydrogen-bond donors (Lipinski definition) is 1. The summed E-state index contributed by atoms with van der Waals surface area (Å²) in [6, 6.07) is 20.6. The predicted molar refractivity (Wildman–Crippen MR) is 138 cm³/mol. The van der Waals surface area contributed by atoms with Crippen LogP contribution in [0, 0.1) is 0 Å². The molecule has 8 heteroatoms. The van der Waals surface area contributed by atoms with Crippen molar-refractivity contribution in [3.05, 3.63) is 104 Å². The first-order valence-electron chi connectivity index (χ1n) is 10.8. The monoisotopic (exact) mass is 508 g/mol. The molecule has 0 aliphatic rings. The number of benzene rings is 3. The van der Waals surface area contributed by atoms with Gasteiger partial charge in [-0.05, 0) is 40.8 Å². The zero-order chi connectivity index (χ0) is 25.1. The fourth-order valence-electron chi connectivity index (χ4n) is 3.97. The van der Waals surface area contributed by atoms with Crippen LogP contribution in [0.3, 0.4) is 0 Å². The number of carbonyl (C=O) groups excluding carboxylic acids is 2. The molecule has 0 saturated carbocycles. The second kappa shape index (κ2) is 10.3. The lowest BCUT2D eigenvalue weighted by molar-refractivity contribution is -0.142. The van der Waals surface area contributed by atoms with Gasteiger partial charge in [-0.3, -0.25) is 9.59 Å². The van der Waals surface area contributed by atoms with Crippen molar-refractivity contribution in [2.45, 2.75) is 12.5 Å². The van der Waals surface area contributed by atoms with Crippen molar-refractivity contribution in [2.24, 2.45) is 7.05 Å². The molecule has 0 aliphatic carbocycles. The van der Waals surface area contributed by atoms with Crippen molar-refractivity contribution in [3.8, 4) is 11.1 Å². The van der Waals surface area contributed by atoms with Crippen LogP contribution in [0.25, 0.3) is 22.0 Å².